The smallest absolute Gasteiger partial charge is 0.342 e. The highest BCUT2D eigenvalue weighted by Gasteiger charge is 2.02. The second-order valence-electron chi connectivity index (χ2n) is 3.78. The van der Waals surface area contributed by atoms with Gasteiger partial charge in [0.05, 0.1) is 5.57 Å². The van der Waals surface area contributed by atoms with Crippen molar-refractivity contribution in [2.45, 2.75) is 47.0 Å². The van der Waals surface area contributed by atoms with Gasteiger partial charge in [-0.1, -0.05) is 25.2 Å². The maximum Gasteiger partial charge on any atom is 0.342 e. The fraction of sp³-hybridized carbons (Fsp3) is 0.571. The molecule has 2 heteroatoms. The van der Waals surface area contributed by atoms with Crippen molar-refractivity contribution in [3.05, 3.63) is 16.9 Å². The number of carbonyl (C=O) groups excluding carboxylic acids is 1. The van der Waals surface area contributed by atoms with Crippen molar-refractivity contribution >= 4 is 5.97 Å². The molecule has 0 atom stereocenters. The van der Waals surface area contributed by atoms with Crippen LogP contribution in [0.4, 0.5) is 0 Å². The van der Waals surface area contributed by atoms with Crippen LogP contribution in [-0.2, 0) is 9.53 Å². The first-order valence-electron chi connectivity index (χ1n) is 5.61. The van der Waals surface area contributed by atoms with Crippen LogP contribution in [-0.4, -0.2) is 12.6 Å². The molecule has 0 spiro atoms. The predicted molar refractivity (Wildman–Crippen MR) is 65.8 cm³/mol. The van der Waals surface area contributed by atoms with Crippen LogP contribution in [0.5, 0.6) is 0 Å². The lowest BCUT2D eigenvalue weighted by atomic mass is 10.2. The highest BCUT2D eigenvalue weighted by atomic mass is 16.5. The first-order chi connectivity index (χ1) is 7.57. The van der Waals surface area contributed by atoms with Crippen LogP contribution in [0, 0.1) is 11.8 Å². The Morgan fingerprint density at radius 1 is 1.19 bits per heavy atom. The minimum absolute atomic E-state index is 0.171. The third kappa shape index (κ3) is 7.91. The molecule has 0 N–H and O–H groups in total. The topological polar surface area (TPSA) is 26.3 Å². The maximum atomic E-state index is 11.4. The van der Waals surface area contributed by atoms with Crippen LogP contribution in [0.25, 0.3) is 0 Å². The summed E-state index contributed by atoms with van der Waals surface area (Å²) in [7, 11) is 0. The van der Waals surface area contributed by atoms with E-state index in [9.17, 15) is 4.79 Å². The van der Waals surface area contributed by atoms with Gasteiger partial charge in [-0.25, -0.2) is 4.79 Å². The normalized spacial score (nSPS) is 8.50. The van der Waals surface area contributed by atoms with E-state index in [1.54, 1.807) is 6.92 Å². The highest BCUT2D eigenvalue weighted by molar-refractivity contribution is 5.87. The Morgan fingerprint density at radius 2 is 1.88 bits per heavy atom. The first kappa shape index (κ1) is 14.6. The van der Waals surface area contributed by atoms with Crippen molar-refractivity contribution < 1.29 is 9.53 Å². The van der Waals surface area contributed by atoms with Gasteiger partial charge in [0.25, 0.3) is 0 Å². The van der Waals surface area contributed by atoms with E-state index in [1.807, 2.05) is 13.8 Å². The van der Waals surface area contributed by atoms with E-state index in [0.717, 1.165) is 24.8 Å². The number of rotatable bonds is 4. The minimum atomic E-state index is -0.342. The van der Waals surface area contributed by atoms with E-state index in [-0.39, 0.29) is 12.6 Å². The lowest BCUT2D eigenvalue weighted by Crippen LogP contribution is -2.05. The standard InChI is InChI=1S/C14H20O2/c1-5-6-7-8-9-10-16-14(15)13(4)11-12(2)3/h5-7,10H2,1-4H3. The summed E-state index contributed by atoms with van der Waals surface area (Å²) in [6, 6.07) is 0. The van der Waals surface area contributed by atoms with Gasteiger partial charge in [0.15, 0.2) is 6.61 Å². The summed E-state index contributed by atoms with van der Waals surface area (Å²) in [6.45, 7) is 7.77. The molecule has 0 heterocycles. The van der Waals surface area contributed by atoms with Gasteiger partial charge in [0, 0.05) is 6.42 Å². The van der Waals surface area contributed by atoms with Crippen LogP contribution in [0.2, 0.25) is 0 Å². The van der Waals surface area contributed by atoms with Crippen molar-refractivity contribution in [1.29, 1.82) is 0 Å². The number of carbonyl (C=O) groups is 1. The van der Waals surface area contributed by atoms with E-state index in [0.29, 0.717) is 5.57 Å². The van der Waals surface area contributed by atoms with Crippen molar-refractivity contribution in [2.75, 3.05) is 6.61 Å². The highest BCUT2D eigenvalue weighted by Crippen LogP contribution is 1.97. The molecule has 0 fully saturated rings. The van der Waals surface area contributed by atoms with Gasteiger partial charge in [-0.3, -0.25) is 0 Å². The fourth-order valence-corrected chi connectivity index (χ4v) is 1.04. The van der Waals surface area contributed by atoms with Gasteiger partial charge in [0.1, 0.15) is 0 Å². The van der Waals surface area contributed by atoms with E-state index >= 15 is 0 Å². The summed E-state index contributed by atoms with van der Waals surface area (Å²) in [5.74, 6) is 5.44. The predicted octanol–water partition coefficient (Wildman–Crippen LogP) is 3.23. The average Bonchev–Trinajstić information content (AvgIpc) is 2.21. The molecule has 0 saturated heterocycles. The van der Waals surface area contributed by atoms with Crippen LogP contribution >= 0.6 is 0 Å². The Kier molecular flexibility index (Phi) is 8.03. The molecule has 16 heavy (non-hydrogen) atoms. The Hall–Kier alpha value is -1.45. The average molecular weight is 220 g/mol. The van der Waals surface area contributed by atoms with Gasteiger partial charge >= 0.3 is 5.97 Å². The van der Waals surface area contributed by atoms with Gasteiger partial charge in [-0.15, -0.1) is 5.73 Å². The van der Waals surface area contributed by atoms with Crippen molar-refractivity contribution in [2.24, 2.45) is 0 Å². The van der Waals surface area contributed by atoms with Crippen molar-refractivity contribution in [3.8, 4) is 11.8 Å². The minimum Gasteiger partial charge on any atom is -0.449 e. The Bertz CT molecular complexity index is 343. The lowest BCUT2D eigenvalue weighted by Gasteiger charge is -1.97. The molecule has 0 aromatic heterocycles. The zero-order chi connectivity index (χ0) is 12.4. The number of hydrogen-bond acceptors (Lipinski definition) is 2. The quantitative estimate of drug-likeness (QED) is 0.239. The molecule has 0 aliphatic heterocycles. The third-order valence-electron chi connectivity index (χ3n) is 1.80. The third-order valence-corrected chi connectivity index (χ3v) is 1.80. The zero-order valence-corrected chi connectivity index (χ0v) is 10.6. The lowest BCUT2D eigenvalue weighted by molar-refractivity contribution is -0.137. The maximum absolute atomic E-state index is 11.4. The summed E-state index contributed by atoms with van der Waals surface area (Å²) >= 11 is 0. The molecule has 88 valence electrons. The van der Waals surface area contributed by atoms with Crippen LogP contribution in [0.3, 0.4) is 0 Å². The zero-order valence-electron chi connectivity index (χ0n) is 10.6. The SMILES string of the molecule is CCCCC#CCOC(=O)C(C)=C=C(C)C. The second kappa shape index (κ2) is 8.83. The van der Waals surface area contributed by atoms with Crippen molar-refractivity contribution in [3.63, 3.8) is 0 Å². The summed E-state index contributed by atoms with van der Waals surface area (Å²) in [5.41, 5.74) is 4.37. The number of unbranched alkanes of at least 4 members (excludes halogenated alkanes) is 2. The molecule has 0 amide bonds. The molecule has 0 radical (unpaired) electrons. The summed E-state index contributed by atoms with van der Waals surface area (Å²) in [6.07, 6.45) is 3.10. The molecule has 0 unspecified atom stereocenters. The molecular weight excluding hydrogens is 200 g/mol. The molecule has 0 rings (SSSR count). The van der Waals surface area contributed by atoms with Gasteiger partial charge in [-0.05, 0) is 32.8 Å². The summed E-state index contributed by atoms with van der Waals surface area (Å²) < 4.78 is 4.96. The number of esters is 1. The van der Waals surface area contributed by atoms with Gasteiger partial charge in [-0.2, -0.15) is 0 Å². The summed E-state index contributed by atoms with van der Waals surface area (Å²) in [5, 5.41) is 0. The van der Waals surface area contributed by atoms with Crippen LogP contribution in [0.15, 0.2) is 16.9 Å². The van der Waals surface area contributed by atoms with E-state index in [2.05, 4.69) is 24.5 Å². The number of hydrogen-bond donors (Lipinski definition) is 0. The van der Waals surface area contributed by atoms with Crippen molar-refractivity contribution in [1.82, 2.24) is 0 Å². The van der Waals surface area contributed by atoms with E-state index in [4.69, 9.17) is 4.74 Å². The van der Waals surface area contributed by atoms with Crippen LogP contribution in [0.1, 0.15) is 47.0 Å². The Balaban J connectivity index is 3.99. The molecule has 0 aromatic rings. The Labute approximate surface area is 98.4 Å². The van der Waals surface area contributed by atoms with E-state index < -0.39 is 0 Å². The Morgan fingerprint density at radius 3 is 2.44 bits per heavy atom. The number of ether oxygens (including phenoxy) is 1. The molecule has 0 aromatic carbocycles. The monoisotopic (exact) mass is 220 g/mol. The molecule has 0 aliphatic carbocycles. The largest absolute Gasteiger partial charge is 0.449 e. The molecule has 0 aliphatic rings. The second-order valence-corrected chi connectivity index (χ2v) is 3.78. The summed E-state index contributed by atoms with van der Waals surface area (Å²) in [4.78, 5) is 11.4. The van der Waals surface area contributed by atoms with Gasteiger partial charge < -0.3 is 4.74 Å². The molecule has 0 bridgehead atoms. The van der Waals surface area contributed by atoms with E-state index in [1.165, 1.54) is 0 Å². The first-order valence-corrected chi connectivity index (χ1v) is 5.61. The van der Waals surface area contributed by atoms with Crippen LogP contribution < -0.4 is 0 Å². The molecule has 0 saturated carbocycles. The molecular formula is C14H20O2. The fourth-order valence-electron chi connectivity index (χ4n) is 1.04. The van der Waals surface area contributed by atoms with Gasteiger partial charge in [0.2, 0.25) is 0 Å². The molecule has 2 nitrogen and oxygen atoms in total.